The van der Waals surface area contributed by atoms with Crippen molar-refractivity contribution in [1.82, 2.24) is 5.32 Å². The topological polar surface area (TPSA) is 125 Å². The number of nitro groups is 1. The predicted molar refractivity (Wildman–Crippen MR) is 60.3 cm³/mol. The van der Waals surface area contributed by atoms with Crippen molar-refractivity contribution in [3.05, 3.63) is 33.9 Å². The lowest BCUT2D eigenvalue weighted by Gasteiger charge is -2.07. The van der Waals surface area contributed by atoms with E-state index in [1.54, 1.807) is 5.32 Å². The Labute approximate surface area is 110 Å². The second-order valence-electron chi connectivity index (χ2n) is 3.31. The van der Waals surface area contributed by atoms with Crippen LogP contribution in [-0.2, 0) is 9.59 Å². The molecule has 0 fully saturated rings. The third kappa shape index (κ3) is 3.22. The lowest BCUT2D eigenvalue weighted by Crippen LogP contribution is -2.35. The molecule has 0 aromatic heterocycles. The van der Waals surface area contributed by atoms with E-state index < -0.39 is 46.3 Å². The Balaban J connectivity index is 3.05. The molecule has 20 heavy (non-hydrogen) atoms. The molecule has 0 saturated carbocycles. The normalized spacial score (nSPS) is 9.45. The fourth-order valence-corrected chi connectivity index (χ4v) is 1.18. The first kappa shape index (κ1) is 15.0. The number of anilines is 1. The summed E-state index contributed by atoms with van der Waals surface area (Å²) in [5.74, 6) is -5.87. The third-order valence-corrected chi connectivity index (χ3v) is 2.04. The van der Waals surface area contributed by atoms with Gasteiger partial charge in [-0.3, -0.25) is 19.7 Å². The maximum atomic E-state index is 13.4. The van der Waals surface area contributed by atoms with Crippen LogP contribution in [0.3, 0.4) is 0 Å². The van der Waals surface area contributed by atoms with Crippen molar-refractivity contribution >= 4 is 23.2 Å². The highest BCUT2D eigenvalue weighted by Crippen LogP contribution is 2.28. The van der Waals surface area contributed by atoms with Gasteiger partial charge in [-0.05, 0) is 6.07 Å². The Hall–Kier alpha value is -3.09. The van der Waals surface area contributed by atoms with Crippen LogP contribution in [0.25, 0.3) is 0 Å². The summed E-state index contributed by atoms with van der Waals surface area (Å²) in [6.45, 7) is -0.486. The van der Waals surface area contributed by atoms with Crippen molar-refractivity contribution in [3.8, 4) is 6.07 Å². The molecule has 0 heterocycles. The molecule has 1 aromatic carbocycles. The average Bonchev–Trinajstić information content (AvgIpc) is 2.40. The monoisotopic (exact) mass is 284 g/mol. The predicted octanol–water partition coefficient (Wildman–Crippen LogP) is 0.451. The van der Waals surface area contributed by atoms with Gasteiger partial charge in [0.2, 0.25) is 0 Å². The highest BCUT2D eigenvalue weighted by molar-refractivity contribution is 6.39. The smallest absolute Gasteiger partial charge is 0.313 e. The van der Waals surface area contributed by atoms with Crippen LogP contribution in [0.5, 0.6) is 0 Å². The molecule has 0 spiro atoms. The van der Waals surface area contributed by atoms with E-state index >= 15 is 0 Å². The molecule has 0 aliphatic carbocycles. The number of benzene rings is 1. The second-order valence-corrected chi connectivity index (χ2v) is 3.31. The number of nitrogens with zero attached hydrogens (tertiary/aromatic N) is 2. The number of rotatable bonds is 3. The van der Waals surface area contributed by atoms with Gasteiger partial charge in [0.15, 0.2) is 17.3 Å². The van der Waals surface area contributed by atoms with E-state index in [9.17, 15) is 28.5 Å². The molecule has 2 amide bonds. The Morgan fingerprint density at radius 3 is 2.55 bits per heavy atom. The van der Waals surface area contributed by atoms with Crippen LogP contribution in [0.2, 0.25) is 0 Å². The molecular formula is C10H6F2N4O4. The quantitative estimate of drug-likeness (QED) is 0.361. The van der Waals surface area contributed by atoms with Crippen LogP contribution < -0.4 is 10.6 Å². The molecule has 1 rings (SSSR count). The molecule has 0 aliphatic rings. The zero-order valence-electron chi connectivity index (χ0n) is 9.65. The van der Waals surface area contributed by atoms with Crippen LogP contribution in [-0.4, -0.2) is 23.3 Å². The Morgan fingerprint density at radius 1 is 1.35 bits per heavy atom. The fourth-order valence-electron chi connectivity index (χ4n) is 1.18. The molecule has 0 saturated heterocycles. The molecular weight excluding hydrogens is 278 g/mol. The summed E-state index contributed by atoms with van der Waals surface area (Å²) in [5.41, 5.74) is -1.97. The zero-order chi connectivity index (χ0) is 15.3. The van der Waals surface area contributed by atoms with Crippen LogP contribution in [0.15, 0.2) is 12.1 Å². The largest absolute Gasteiger partial charge is 0.335 e. The number of nitro benzene ring substituents is 1. The molecule has 0 atom stereocenters. The van der Waals surface area contributed by atoms with Crippen LogP contribution >= 0.6 is 0 Å². The summed E-state index contributed by atoms with van der Waals surface area (Å²) in [6.07, 6.45) is 0. The number of nitriles is 1. The summed E-state index contributed by atoms with van der Waals surface area (Å²) in [5, 5.41) is 22.2. The van der Waals surface area contributed by atoms with Gasteiger partial charge in [0.1, 0.15) is 6.54 Å². The zero-order valence-corrected chi connectivity index (χ0v) is 9.65. The van der Waals surface area contributed by atoms with Gasteiger partial charge in [-0.15, -0.1) is 0 Å². The number of hydrogen-bond donors (Lipinski definition) is 2. The highest BCUT2D eigenvalue weighted by Gasteiger charge is 2.25. The minimum atomic E-state index is -1.67. The van der Waals surface area contributed by atoms with Crippen molar-refractivity contribution < 1.29 is 23.3 Å². The standard InChI is InChI=1S/C10H6F2N4O4/c11-5-1-2-6(16(19)20)8(7(5)12)15-10(18)9(17)14-4-3-13/h1-2H,4H2,(H,14,17)(H,15,18). The average molecular weight is 284 g/mol. The summed E-state index contributed by atoms with van der Waals surface area (Å²) in [7, 11) is 0. The molecule has 0 bridgehead atoms. The van der Waals surface area contributed by atoms with E-state index in [-0.39, 0.29) is 0 Å². The molecule has 10 heteroatoms. The van der Waals surface area contributed by atoms with Gasteiger partial charge >= 0.3 is 11.8 Å². The first-order valence-corrected chi connectivity index (χ1v) is 4.97. The Bertz CT molecular complexity index is 626. The summed E-state index contributed by atoms with van der Waals surface area (Å²) in [6, 6.07) is 2.67. The molecule has 1 aromatic rings. The van der Waals surface area contributed by atoms with Gasteiger partial charge in [0.25, 0.3) is 5.69 Å². The first-order chi connectivity index (χ1) is 9.38. The SMILES string of the molecule is N#CCNC(=O)C(=O)Nc1c([N+](=O)[O-])ccc(F)c1F. The second kappa shape index (κ2) is 6.19. The summed E-state index contributed by atoms with van der Waals surface area (Å²) in [4.78, 5) is 32.0. The maximum absolute atomic E-state index is 13.4. The van der Waals surface area contributed by atoms with Gasteiger partial charge in [0, 0.05) is 6.07 Å². The number of halogens is 2. The molecule has 8 nitrogen and oxygen atoms in total. The molecule has 0 radical (unpaired) electrons. The Morgan fingerprint density at radius 2 is 2.00 bits per heavy atom. The van der Waals surface area contributed by atoms with Gasteiger partial charge in [-0.25, -0.2) is 8.78 Å². The van der Waals surface area contributed by atoms with E-state index in [0.717, 1.165) is 0 Å². The van der Waals surface area contributed by atoms with Crippen molar-refractivity contribution in [2.45, 2.75) is 0 Å². The van der Waals surface area contributed by atoms with Crippen molar-refractivity contribution in [3.63, 3.8) is 0 Å². The van der Waals surface area contributed by atoms with Gasteiger partial charge in [0.05, 0.1) is 11.0 Å². The summed E-state index contributed by atoms with van der Waals surface area (Å²) >= 11 is 0. The fraction of sp³-hybridized carbons (Fsp3) is 0.100. The van der Waals surface area contributed by atoms with Crippen molar-refractivity contribution in [2.24, 2.45) is 0 Å². The lowest BCUT2D eigenvalue weighted by molar-refractivity contribution is -0.384. The van der Waals surface area contributed by atoms with Crippen LogP contribution in [0.1, 0.15) is 0 Å². The van der Waals surface area contributed by atoms with Crippen LogP contribution in [0.4, 0.5) is 20.2 Å². The van der Waals surface area contributed by atoms with Crippen LogP contribution in [0, 0.1) is 33.1 Å². The van der Waals surface area contributed by atoms with E-state index in [1.807, 2.05) is 5.32 Å². The van der Waals surface area contributed by atoms with Gasteiger partial charge < -0.3 is 10.6 Å². The maximum Gasteiger partial charge on any atom is 0.313 e. The molecule has 0 aliphatic heterocycles. The molecule has 2 N–H and O–H groups in total. The van der Waals surface area contributed by atoms with E-state index in [1.165, 1.54) is 6.07 Å². The van der Waals surface area contributed by atoms with E-state index in [2.05, 4.69) is 0 Å². The summed E-state index contributed by atoms with van der Waals surface area (Å²) < 4.78 is 26.4. The lowest BCUT2D eigenvalue weighted by atomic mass is 10.2. The molecule has 104 valence electrons. The first-order valence-electron chi connectivity index (χ1n) is 4.97. The number of carbonyl (C=O) groups excluding carboxylic acids is 2. The highest BCUT2D eigenvalue weighted by atomic mass is 19.2. The number of amides is 2. The van der Waals surface area contributed by atoms with E-state index in [4.69, 9.17) is 5.26 Å². The van der Waals surface area contributed by atoms with Gasteiger partial charge in [-0.1, -0.05) is 0 Å². The minimum Gasteiger partial charge on any atom is -0.335 e. The molecule has 0 unspecified atom stereocenters. The van der Waals surface area contributed by atoms with Gasteiger partial charge in [-0.2, -0.15) is 5.26 Å². The van der Waals surface area contributed by atoms with Crippen molar-refractivity contribution in [2.75, 3.05) is 11.9 Å². The number of hydrogen-bond acceptors (Lipinski definition) is 5. The van der Waals surface area contributed by atoms with E-state index in [0.29, 0.717) is 12.1 Å². The number of carbonyl (C=O) groups is 2. The van der Waals surface area contributed by atoms with Crippen molar-refractivity contribution in [1.29, 1.82) is 5.26 Å². The minimum absolute atomic E-state index is 0.486. The number of nitrogens with one attached hydrogen (secondary N) is 2. The third-order valence-electron chi connectivity index (χ3n) is 2.04. The Kier molecular flexibility index (Phi) is 4.63.